The Morgan fingerprint density at radius 3 is 0.963 bits per heavy atom. The van der Waals surface area contributed by atoms with Gasteiger partial charge in [0.25, 0.3) is 0 Å². The second-order valence-corrected chi connectivity index (χ2v) is 19.1. The first-order chi connectivity index (χ1) is 26.3. The molecule has 0 saturated carbocycles. The topological polar surface area (TPSA) is 0 Å². The Morgan fingerprint density at radius 1 is 0.352 bits per heavy atom. The van der Waals surface area contributed by atoms with Crippen molar-refractivity contribution >= 4 is 60.3 Å². The van der Waals surface area contributed by atoms with Crippen molar-refractivity contribution in [2.24, 2.45) is 11.8 Å². The normalized spacial score (nSPS) is 16.9. The van der Waals surface area contributed by atoms with Crippen molar-refractivity contribution < 1.29 is 0 Å². The fraction of sp³-hybridized carbons (Fsp3) is 0.231. The smallest absolute Gasteiger partial charge is 0.0129 e. The summed E-state index contributed by atoms with van der Waals surface area (Å²) >= 11 is 0. The van der Waals surface area contributed by atoms with Crippen LogP contribution in [0.3, 0.4) is 0 Å². The van der Waals surface area contributed by atoms with Gasteiger partial charge in [-0.15, -0.1) is 17.2 Å². The van der Waals surface area contributed by atoms with Crippen LogP contribution in [0.2, 0.25) is 0 Å². The Morgan fingerprint density at radius 2 is 0.630 bits per heavy atom. The number of rotatable bonds is 1. The van der Waals surface area contributed by atoms with Crippen LogP contribution in [-0.2, 0) is 12.3 Å². The van der Waals surface area contributed by atoms with Crippen LogP contribution in [0, 0.1) is 11.8 Å². The van der Waals surface area contributed by atoms with E-state index in [2.05, 4.69) is 187 Å². The minimum atomic E-state index is 0.449. The van der Waals surface area contributed by atoms with Crippen molar-refractivity contribution in [3.8, 4) is 22.3 Å². The molecule has 2 heteroatoms. The summed E-state index contributed by atoms with van der Waals surface area (Å²) in [4.78, 5) is 0. The SMILES string of the molecule is CC(C)C.CC(C)C.c1ccc2c3c(ccc2c1)CP[C@@H]([C@@H]1PCc2ccc4ccccc4c2-c2c1ccc1ccccc21)c1ccc2ccccc2c1-3. The molecule has 4 atom stereocenters. The lowest BCUT2D eigenvalue weighted by Crippen LogP contribution is -2.06. The van der Waals surface area contributed by atoms with Gasteiger partial charge in [0, 0.05) is 11.3 Å². The van der Waals surface area contributed by atoms with Crippen molar-refractivity contribution in [2.45, 2.75) is 65.2 Å². The van der Waals surface area contributed by atoms with Crippen LogP contribution in [0.4, 0.5) is 0 Å². The summed E-state index contributed by atoms with van der Waals surface area (Å²) < 4.78 is 0. The minimum Gasteiger partial charge on any atom is -0.109 e. The Hall–Kier alpha value is -4.34. The standard InChI is InChI=1S/C44H32P2.2C4H10/c1-5-13-33-27(9-1)17-19-31-25-45-43(37-23-21-29-11-3-7-15-35(29)41(37)39(31)33)44-38-24-22-30-12-4-8-16-36(30)42(38)40-32(26-46-44)20-18-28-10-2-6-14-34(28)40;2*1-4(2)3/h1-24,43-46H,25-26H2;2*4H,1-3H3/t43-,44-;;/m1../s1. The highest BCUT2D eigenvalue weighted by molar-refractivity contribution is 7.42. The second kappa shape index (κ2) is 15.8. The molecule has 10 rings (SSSR count). The second-order valence-electron chi connectivity index (χ2n) is 16.3. The fourth-order valence-corrected chi connectivity index (χ4v) is 12.4. The molecule has 0 radical (unpaired) electrons. The van der Waals surface area contributed by atoms with Gasteiger partial charge in [-0.3, -0.25) is 0 Å². The van der Waals surface area contributed by atoms with Gasteiger partial charge in [0.2, 0.25) is 0 Å². The van der Waals surface area contributed by atoms with Crippen LogP contribution in [0.25, 0.3) is 65.3 Å². The molecule has 0 fully saturated rings. The average Bonchev–Trinajstić information content (AvgIpc) is 3.46. The Labute approximate surface area is 326 Å². The van der Waals surface area contributed by atoms with Gasteiger partial charge in [-0.1, -0.05) is 187 Å². The molecule has 0 spiro atoms. The zero-order valence-electron chi connectivity index (χ0n) is 32.6. The molecule has 2 aliphatic rings. The van der Waals surface area contributed by atoms with Crippen molar-refractivity contribution in [3.05, 3.63) is 168 Å². The van der Waals surface area contributed by atoms with E-state index >= 15 is 0 Å². The van der Waals surface area contributed by atoms with Gasteiger partial charge >= 0.3 is 0 Å². The van der Waals surface area contributed by atoms with E-state index < -0.39 is 0 Å². The van der Waals surface area contributed by atoms with Crippen molar-refractivity contribution in [1.82, 2.24) is 0 Å². The molecule has 0 aliphatic carbocycles. The third-order valence-corrected chi connectivity index (χ3v) is 14.2. The molecule has 8 aromatic rings. The summed E-state index contributed by atoms with van der Waals surface area (Å²) in [7, 11) is 1.63. The Balaban J connectivity index is 0.000000474. The lowest BCUT2D eigenvalue weighted by molar-refractivity contribution is 0.736. The molecule has 0 aromatic heterocycles. The molecule has 8 aromatic carbocycles. The van der Waals surface area contributed by atoms with Crippen molar-refractivity contribution in [2.75, 3.05) is 0 Å². The van der Waals surface area contributed by atoms with E-state index in [1.54, 1.807) is 11.1 Å². The van der Waals surface area contributed by atoms with Crippen molar-refractivity contribution in [3.63, 3.8) is 0 Å². The number of hydrogen-bond acceptors (Lipinski definition) is 0. The van der Waals surface area contributed by atoms with E-state index in [9.17, 15) is 0 Å². The molecule has 2 heterocycles. The summed E-state index contributed by atoms with van der Waals surface area (Å²) in [6, 6.07) is 55.5. The van der Waals surface area contributed by atoms with E-state index in [1.165, 1.54) is 76.5 Å². The predicted molar refractivity (Wildman–Crippen MR) is 244 cm³/mol. The van der Waals surface area contributed by atoms with E-state index in [4.69, 9.17) is 0 Å². The van der Waals surface area contributed by atoms with Gasteiger partial charge in [0.05, 0.1) is 0 Å². The highest BCUT2D eigenvalue weighted by atomic mass is 31.1. The molecule has 2 aliphatic heterocycles. The third-order valence-electron chi connectivity index (χ3n) is 10.5. The molecular weight excluding hydrogens is 687 g/mol. The summed E-state index contributed by atoms with van der Waals surface area (Å²) in [5.41, 5.74) is 12.9. The zero-order valence-corrected chi connectivity index (χ0v) is 34.6. The van der Waals surface area contributed by atoms with Crippen LogP contribution >= 0.6 is 17.2 Å². The van der Waals surface area contributed by atoms with Crippen LogP contribution in [-0.4, -0.2) is 0 Å². The summed E-state index contributed by atoms with van der Waals surface area (Å²) in [5, 5.41) is 10.9. The van der Waals surface area contributed by atoms with E-state index in [0.717, 1.165) is 41.3 Å². The van der Waals surface area contributed by atoms with E-state index in [-0.39, 0.29) is 0 Å². The molecule has 0 amide bonds. The molecular formula is C52H52P2. The van der Waals surface area contributed by atoms with Crippen LogP contribution in [0.15, 0.2) is 146 Å². The molecule has 2 unspecified atom stereocenters. The van der Waals surface area contributed by atoms with Crippen LogP contribution in [0.1, 0.15) is 75.1 Å². The lowest BCUT2D eigenvalue weighted by Gasteiger charge is -2.30. The average molecular weight is 739 g/mol. The highest BCUT2D eigenvalue weighted by Gasteiger charge is 2.35. The molecule has 0 bridgehead atoms. The quantitative estimate of drug-likeness (QED) is 0.147. The predicted octanol–water partition coefficient (Wildman–Crippen LogP) is 16.1. The zero-order chi connectivity index (χ0) is 37.3. The van der Waals surface area contributed by atoms with Gasteiger partial charge in [0.1, 0.15) is 0 Å². The first kappa shape index (κ1) is 36.6. The highest BCUT2D eigenvalue weighted by Crippen LogP contribution is 2.63. The summed E-state index contributed by atoms with van der Waals surface area (Å²) in [6.45, 7) is 13.0. The lowest BCUT2D eigenvalue weighted by atomic mass is 9.83. The molecule has 0 saturated heterocycles. The maximum atomic E-state index is 2.50. The monoisotopic (exact) mass is 738 g/mol. The van der Waals surface area contributed by atoms with E-state index in [0.29, 0.717) is 11.3 Å². The first-order valence-electron chi connectivity index (χ1n) is 19.8. The molecule has 270 valence electrons. The van der Waals surface area contributed by atoms with Crippen LogP contribution in [0.5, 0.6) is 0 Å². The summed E-state index contributed by atoms with van der Waals surface area (Å²) in [5.74, 6) is 1.67. The van der Waals surface area contributed by atoms with Gasteiger partial charge in [-0.2, -0.15) is 0 Å². The van der Waals surface area contributed by atoms with Crippen LogP contribution < -0.4 is 0 Å². The molecule has 54 heavy (non-hydrogen) atoms. The van der Waals surface area contributed by atoms with Gasteiger partial charge in [-0.05, 0) is 112 Å². The minimum absolute atomic E-state index is 0.449. The summed E-state index contributed by atoms with van der Waals surface area (Å²) in [6.07, 6.45) is 2.24. The van der Waals surface area contributed by atoms with Gasteiger partial charge in [-0.25, -0.2) is 0 Å². The largest absolute Gasteiger partial charge is 0.109 e. The molecule has 0 N–H and O–H groups in total. The fourth-order valence-electron chi connectivity index (χ4n) is 8.43. The van der Waals surface area contributed by atoms with Gasteiger partial charge in [0.15, 0.2) is 0 Å². The maximum Gasteiger partial charge on any atom is 0.0129 e. The van der Waals surface area contributed by atoms with Gasteiger partial charge < -0.3 is 0 Å². The Kier molecular flexibility index (Phi) is 10.7. The third kappa shape index (κ3) is 7.01. The number of hydrogen-bond donors (Lipinski definition) is 0. The number of fused-ring (bicyclic) bond motifs is 14. The first-order valence-corrected chi connectivity index (χ1v) is 22.4. The van der Waals surface area contributed by atoms with Crippen molar-refractivity contribution in [1.29, 1.82) is 0 Å². The maximum absolute atomic E-state index is 2.50. The van der Waals surface area contributed by atoms with E-state index in [1.807, 2.05) is 0 Å². The number of benzene rings is 8. The molecule has 0 nitrogen and oxygen atoms in total. The Bertz CT molecular complexity index is 2420.